The van der Waals surface area contributed by atoms with Crippen LogP contribution in [0.5, 0.6) is 0 Å². The van der Waals surface area contributed by atoms with Crippen molar-refractivity contribution in [2.24, 2.45) is 0 Å². The molecule has 2 atom stereocenters. The van der Waals surface area contributed by atoms with Gasteiger partial charge in [-0.25, -0.2) is 0 Å². The molecule has 0 fully saturated rings. The maximum atomic E-state index is 11.9. The molecule has 0 heterocycles. The molecule has 0 aliphatic carbocycles. The Hall–Kier alpha value is -0.480. The van der Waals surface area contributed by atoms with E-state index in [1.807, 2.05) is 52.0 Å². The van der Waals surface area contributed by atoms with Crippen LogP contribution in [-0.2, 0) is 11.4 Å². The highest BCUT2D eigenvalue weighted by Gasteiger charge is 2.27. The number of halogens is 1. The molecule has 19 heavy (non-hydrogen) atoms. The third-order valence-electron chi connectivity index (χ3n) is 2.53. The molecule has 1 aromatic rings. The number of rotatable bonds is 5. The van der Waals surface area contributed by atoms with Crippen molar-refractivity contribution in [1.29, 1.82) is 0 Å². The van der Waals surface area contributed by atoms with E-state index in [0.29, 0.717) is 0 Å². The standard InChI is InChI=1S/C15H22ClNOS/c1-12(17-19(18)15(2,3)4)6-5-7-13-8-10-14(16)11-9-13/h5,7-12,17H,6H2,1-4H3/t12-,19+/m1/s1. The van der Waals surface area contributed by atoms with E-state index in [1.54, 1.807) is 0 Å². The van der Waals surface area contributed by atoms with Gasteiger partial charge in [0.05, 0.1) is 6.04 Å². The first-order valence-corrected chi connectivity index (χ1v) is 7.92. The average Bonchev–Trinajstić information content (AvgIpc) is 2.30. The zero-order chi connectivity index (χ0) is 14.5. The Morgan fingerprint density at radius 3 is 2.42 bits per heavy atom. The molecule has 0 aromatic heterocycles. The second-order valence-corrected chi connectivity index (χ2v) is 8.02. The van der Waals surface area contributed by atoms with Gasteiger partial charge < -0.3 is 4.55 Å². The highest BCUT2D eigenvalue weighted by molar-refractivity contribution is 7.90. The second-order valence-electron chi connectivity index (χ2n) is 5.59. The first-order chi connectivity index (χ1) is 8.79. The van der Waals surface area contributed by atoms with Crippen molar-refractivity contribution in [2.45, 2.75) is 44.9 Å². The van der Waals surface area contributed by atoms with Gasteiger partial charge in [-0.15, -0.1) is 4.72 Å². The normalized spacial score (nSPS) is 15.7. The van der Waals surface area contributed by atoms with Crippen LogP contribution in [0.15, 0.2) is 30.3 Å². The Morgan fingerprint density at radius 2 is 1.89 bits per heavy atom. The monoisotopic (exact) mass is 299 g/mol. The van der Waals surface area contributed by atoms with Crippen LogP contribution in [0.2, 0.25) is 5.02 Å². The van der Waals surface area contributed by atoms with Crippen molar-refractivity contribution in [1.82, 2.24) is 4.72 Å². The van der Waals surface area contributed by atoms with Gasteiger partial charge >= 0.3 is 0 Å². The fourth-order valence-electron chi connectivity index (χ4n) is 1.39. The van der Waals surface area contributed by atoms with Crippen LogP contribution >= 0.6 is 11.6 Å². The minimum absolute atomic E-state index is 0.184. The molecule has 0 radical (unpaired) electrons. The molecule has 0 unspecified atom stereocenters. The highest BCUT2D eigenvalue weighted by Crippen LogP contribution is 2.15. The summed E-state index contributed by atoms with van der Waals surface area (Å²) in [7, 11) is 0. The Bertz CT molecular complexity index is 411. The number of hydrogen-bond donors (Lipinski definition) is 1. The molecule has 0 aliphatic heterocycles. The van der Waals surface area contributed by atoms with Gasteiger partial charge in [-0.2, -0.15) is 0 Å². The van der Waals surface area contributed by atoms with E-state index in [1.165, 1.54) is 0 Å². The molecule has 0 saturated carbocycles. The number of nitrogens with one attached hydrogen (secondary N) is 1. The molecule has 1 aromatic carbocycles. The lowest BCUT2D eigenvalue weighted by Crippen LogP contribution is -2.43. The van der Waals surface area contributed by atoms with Gasteiger partial charge in [0.1, 0.15) is 4.75 Å². The highest BCUT2D eigenvalue weighted by atomic mass is 35.5. The van der Waals surface area contributed by atoms with E-state index >= 15 is 0 Å². The Morgan fingerprint density at radius 1 is 1.32 bits per heavy atom. The average molecular weight is 300 g/mol. The van der Waals surface area contributed by atoms with E-state index in [0.717, 1.165) is 17.0 Å². The van der Waals surface area contributed by atoms with Crippen LogP contribution in [0.1, 0.15) is 39.7 Å². The van der Waals surface area contributed by atoms with E-state index in [-0.39, 0.29) is 10.8 Å². The van der Waals surface area contributed by atoms with Gasteiger partial charge in [0.15, 0.2) is 0 Å². The Labute approximate surface area is 124 Å². The van der Waals surface area contributed by atoms with Gasteiger partial charge in [0.2, 0.25) is 0 Å². The predicted octanol–water partition coefficient (Wildman–Crippen LogP) is 4.18. The molecule has 0 amide bonds. The molecule has 2 nitrogen and oxygen atoms in total. The summed E-state index contributed by atoms with van der Waals surface area (Å²) in [5, 5.41) is 0.743. The molecule has 1 rings (SSSR count). The molecule has 0 spiro atoms. The maximum Gasteiger partial charge on any atom is 0.136 e. The fraction of sp³-hybridized carbons (Fsp3) is 0.467. The maximum absolute atomic E-state index is 11.9. The van der Waals surface area contributed by atoms with Gasteiger partial charge in [-0.1, -0.05) is 35.9 Å². The largest absolute Gasteiger partial charge is 0.598 e. The summed E-state index contributed by atoms with van der Waals surface area (Å²) in [4.78, 5) is 0. The van der Waals surface area contributed by atoms with Crippen molar-refractivity contribution in [3.8, 4) is 0 Å². The van der Waals surface area contributed by atoms with Crippen LogP contribution < -0.4 is 4.72 Å². The Kier molecular flexibility index (Phi) is 6.40. The van der Waals surface area contributed by atoms with Gasteiger partial charge in [0.25, 0.3) is 0 Å². The first-order valence-electron chi connectivity index (χ1n) is 6.39. The molecule has 0 bridgehead atoms. The van der Waals surface area contributed by atoms with E-state index < -0.39 is 11.4 Å². The van der Waals surface area contributed by atoms with Crippen LogP contribution in [-0.4, -0.2) is 15.3 Å². The van der Waals surface area contributed by atoms with Crippen LogP contribution in [0, 0.1) is 0 Å². The lowest BCUT2D eigenvalue weighted by Gasteiger charge is -2.26. The molecule has 106 valence electrons. The van der Waals surface area contributed by atoms with Gasteiger partial charge in [-0.3, -0.25) is 0 Å². The molecular weight excluding hydrogens is 278 g/mol. The summed E-state index contributed by atoms with van der Waals surface area (Å²) >= 11 is 4.81. The van der Waals surface area contributed by atoms with Crippen LogP contribution in [0.25, 0.3) is 6.08 Å². The smallest absolute Gasteiger partial charge is 0.136 e. The minimum atomic E-state index is -1.02. The van der Waals surface area contributed by atoms with Gasteiger partial charge in [0, 0.05) is 16.4 Å². The summed E-state index contributed by atoms with van der Waals surface area (Å²) in [5.74, 6) is 0. The van der Waals surface area contributed by atoms with Crippen molar-refractivity contribution < 1.29 is 4.55 Å². The summed E-state index contributed by atoms with van der Waals surface area (Å²) < 4.78 is 14.8. The zero-order valence-corrected chi connectivity index (χ0v) is 13.5. The van der Waals surface area contributed by atoms with Gasteiger partial charge in [-0.05, 0) is 51.8 Å². The molecule has 4 heteroatoms. The van der Waals surface area contributed by atoms with Crippen molar-refractivity contribution in [2.75, 3.05) is 0 Å². The predicted molar refractivity (Wildman–Crippen MR) is 85.6 cm³/mol. The quantitative estimate of drug-likeness (QED) is 0.828. The number of hydrogen-bond acceptors (Lipinski definition) is 2. The summed E-state index contributed by atoms with van der Waals surface area (Å²) in [6.45, 7) is 7.93. The molecule has 1 N–H and O–H groups in total. The zero-order valence-electron chi connectivity index (χ0n) is 11.9. The van der Waals surface area contributed by atoms with Crippen LogP contribution in [0.3, 0.4) is 0 Å². The van der Waals surface area contributed by atoms with Crippen molar-refractivity contribution in [3.05, 3.63) is 40.9 Å². The van der Waals surface area contributed by atoms with E-state index in [9.17, 15) is 4.55 Å². The third kappa shape index (κ3) is 6.48. The summed E-state index contributed by atoms with van der Waals surface area (Å²) in [6, 6.07) is 7.88. The lowest BCUT2D eigenvalue weighted by atomic mass is 10.1. The lowest BCUT2D eigenvalue weighted by molar-refractivity contribution is 0.528. The SMILES string of the molecule is C[C@H](CC=Cc1ccc(Cl)cc1)N[S@@+]([O-])C(C)(C)C. The second kappa shape index (κ2) is 7.34. The molecular formula is C15H22ClNOS. The third-order valence-corrected chi connectivity index (χ3v) is 4.52. The van der Waals surface area contributed by atoms with E-state index in [4.69, 9.17) is 11.6 Å². The topological polar surface area (TPSA) is 35.1 Å². The van der Waals surface area contributed by atoms with Crippen molar-refractivity contribution in [3.63, 3.8) is 0 Å². The minimum Gasteiger partial charge on any atom is -0.598 e. The summed E-state index contributed by atoms with van der Waals surface area (Å²) in [6.07, 6.45) is 4.97. The number of benzene rings is 1. The molecule has 0 saturated heterocycles. The van der Waals surface area contributed by atoms with E-state index in [2.05, 4.69) is 16.9 Å². The molecule has 0 aliphatic rings. The first kappa shape index (κ1) is 16.6. The van der Waals surface area contributed by atoms with Crippen molar-refractivity contribution >= 4 is 29.0 Å². The Balaban J connectivity index is 2.41. The van der Waals surface area contributed by atoms with Crippen LogP contribution in [0.4, 0.5) is 0 Å². The summed E-state index contributed by atoms with van der Waals surface area (Å²) in [5.41, 5.74) is 1.12. The fourth-order valence-corrected chi connectivity index (χ4v) is 2.33.